The Morgan fingerprint density at radius 3 is 2.42 bits per heavy atom. The summed E-state index contributed by atoms with van der Waals surface area (Å²) < 4.78 is 5.12. The molecule has 0 aliphatic carbocycles. The molecule has 1 aliphatic heterocycles. The van der Waals surface area contributed by atoms with E-state index in [1.807, 2.05) is 6.92 Å². The number of ether oxygens (including phenoxy) is 1. The molecule has 2 aromatic rings. The number of benzene rings is 2. The molecule has 1 atom stereocenters. The highest BCUT2D eigenvalue weighted by Gasteiger charge is 2.27. The van der Waals surface area contributed by atoms with Crippen molar-refractivity contribution in [3.05, 3.63) is 53.6 Å². The summed E-state index contributed by atoms with van der Waals surface area (Å²) in [4.78, 5) is 11.9. The highest BCUT2D eigenvalue weighted by molar-refractivity contribution is 5.84. The predicted molar refractivity (Wildman–Crippen MR) is 98.3 cm³/mol. The zero-order valence-corrected chi connectivity index (χ0v) is 14.8. The van der Waals surface area contributed by atoms with E-state index < -0.39 is 0 Å². The monoisotopic (exact) mass is 323 g/mol. The quantitative estimate of drug-likeness (QED) is 0.842. The lowest BCUT2D eigenvalue weighted by molar-refractivity contribution is -0.143. The number of carbonyl (C=O) groups is 1. The van der Waals surface area contributed by atoms with Gasteiger partial charge in [0, 0.05) is 12.1 Å². The molecule has 0 saturated carbocycles. The van der Waals surface area contributed by atoms with Crippen LogP contribution in [0.5, 0.6) is 0 Å². The Morgan fingerprint density at radius 2 is 1.79 bits per heavy atom. The Balaban J connectivity index is 1.81. The van der Waals surface area contributed by atoms with E-state index in [9.17, 15) is 4.79 Å². The molecule has 0 bridgehead atoms. The van der Waals surface area contributed by atoms with E-state index in [1.165, 1.54) is 22.3 Å². The fraction of sp³-hybridized carbons (Fsp3) is 0.381. The number of hydrogen-bond acceptors (Lipinski definition) is 3. The molecule has 3 rings (SSSR count). The normalized spacial score (nSPS) is 16.4. The molecule has 126 valence electrons. The van der Waals surface area contributed by atoms with Gasteiger partial charge in [0.1, 0.15) is 6.04 Å². The Morgan fingerprint density at radius 1 is 1.12 bits per heavy atom. The van der Waals surface area contributed by atoms with Crippen LogP contribution in [0, 0.1) is 0 Å². The lowest BCUT2D eigenvalue weighted by atomic mass is 9.86. The van der Waals surface area contributed by atoms with Crippen molar-refractivity contribution in [2.24, 2.45) is 0 Å². The van der Waals surface area contributed by atoms with Crippen LogP contribution in [-0.2, 0) is 21.4 Å². The second kappa shape index (κ2) is 6.31. The van der Waals surface area contributed by atoms with Crippen LogP contribution >= 0.6 is 0 Å². The van der Waals surface area contributed by atoms with Crippen molar-refractivity contribution in [1.82, 2.24) is 0 Å². The van der Waals surface area contributed by atoms with Crippen molar-refractivity contribution in [2.75, 3.05) is 11.9 Å². The fourth-order valence-electron chi connectivity index (χ4n) is 3.09. The summed E-state index contributed by atoms with van der Waals surface area (Å²) in [7, 11) is 0. The van der Waals surface area contributed by atoms with E-state index in [-0.39, 0.29) is 17.4 Å². The summed E-state index contributed by atoms with van der Waals surface area (Å²) in [6, 6.07) is 14.8. The number of anilines is 1. The van der Waals surface area contributed by atoms with Crippen LogP contribution in [0.4, 0.5) is 5.69 Å². The van der Waals surface area contributed by atoms with Crippen LogP contribution in [0.25, 0.3) is 11.1 Å². The Labute approximate surface area is 144 Å². The minimum atomic E-state index is -0.265. The van der Waals surface area contributed by atoms with Gasteiger partial charge in [0.2, 0.25) is 0 Å². The molecule has 1 N–H and O–H groups in total. The highest BCUT2D eigenvalue weighted by atomic mass is 16.5. The van der Waals surface area contributed by atoms with Crippen molar-refractivity contribution in [1.29, 1.82) is 0 Å². The maximum Gasteiger partial charge on any atom is 0.328 e. The van der Waals surface area contributed by atoms with Gasteiger partial charge in [0.25, 0.3) is 0 Å². The van der Waals surface area contributed by atoms with Crippen molar-refractivity contribution in [2.45, 2.75) is 45.6 Å². The third kappa shape index (κ3) is 3.30. The first kappa shape index (κ1) is 16.6. The minimum absolute atomic E-state index is 0.160. The fourth-order valence-corrected chi connectivity index (χ4v) is 3.09. The zero-order valence-electron chi connectivity index (χ0n) is 14.8. The van der Waals surface area contributed by atoms with Crippen molar-refractivity contribution in [3.8, 4) is 11.1 Å². The van der Waals surface area contributed by atoms with Crippen molar-refractivity contribution >= 4 is 11.7 Å². The molecule has 1 unspecified atom stereocenters. The van der Waals surface area contributed by atoms with Crippen LogP contribution in [-0.4, -0.2) is 18.6 Å². The van der Waals surface area contributed by atoms with Gasteiger partial charge >= 0.3 is 5.97 Å². The molecule has 0 saturated heterocycles. The molecule has 1 heterocycles. The molecule has 1 aliphatic rings. The predicted octanol–water partition coefficient (Wildman–Crippen LogP) is 4.55. The van der Waals surface area contributed by atoms with E-state index in [1.54, 1.807) is 0 Å². The summed E-state index contributed by atoms with van der Waals surface area (Å²) >= 11 is 0. The minimum Gasteiger partial charge on any atom is -0.464 e. The largest absolute Gasteiger partial charge is 0.464 e. The number of esters is 1. The van der Waals surface area contributed by atoms with Gasteiger partial charge in [-0.1, -0.05) is 51.1 Å². The van der Waals surface area contributed by atoms with E-state index in [0.29, 0.717) is 13.0 Å². The van der Waals surface area contributed by atoms with Crippen molar-refractivity contribution in [3.63, 3.8) is 0 Å². The van der Waals surface area contributed by atoms with Gasteiger partial charge in [-0.05, 0) is 46.7 Å². The van der Waals surface area contributed by atoms with Crippen LogP contribution in [0.1, 0.15) is 38.8 Å². The number of fused-ring (bicyclic) bond motifs is 1. The first-order chi connectivity index (χ1) is 11.4. The Bertz CT molecular complexity index is 741. The number of carbonyl (C=O) groups excluding carboxylic acids is 1. The Kier molecular flexibility index (Phi) is 4.35. The summed E-state index contributed by atoms with van der Waals surface area (Å²) in [5, 5.41) is 3.25. The van der Waals surface area contributed by atoms with E-state index in [2.05, 4.69) is 68.6 Å². The molecule has 2 aromatic carbocycles. The van der Waals surface area contributed by atoms with Gasteiger partial charge < -0.3 is 10.1 Å². The average molecular weight is 323 g/mol. The number of nitrogens with one attached hydrogen (secondary N) is 1. The average Bonchev–Trinajstić information content (AvgIpc) is 2.97. The number of hydrogen-bond donors (Lipinski definition) is 1. The molecule has 3 nitrogen and oxygen atoms in total. The molecule has 24 heavy (non-hydrogen) atoms. The molecule has 0 spiro atoms. The van der Waals surface area contributed by atoms with E-state index >= 15 is 0 Å². The van der Waals surface area contributed by atoms with Crippen LogP contribution in [0.3, 0.4) is 0 Å². The molecule has 0 fully saturated rings. The second-order valence-corrected chi connectivity index (χ2v) is 7.35. The maximum absolute atomic E-state index is 11.9. The van der Waals surface area contributed by atoms with E-state index in [0.717, 1.165) is 5.69 Å². The van der Waals surface area contributed by atoms with E-state index in [4.69, 9.17) is 4.74 Å². The summed E-state index contributed by atoms with van der Waals surface area (Å²) in [5.41, 5.74) is 6.07. The molecule has 0 aromatic heterocycles. The molecular formula is C21H25NO2. The van der Waals surface area contributed by atoms with Gasteiger partial charge in [-0.2, -0.15) is 0 Å². The first-order valence-corrected chi connectivity index (χ1v) is 8.55. The van der Waals surface area contributed by atoms with Gasteiger partial charge in [0.15, 0.2) is 0 Å². The molecule has 3 heteroatoms. The Hall–Kier alpha value is -2.29. The standard InChI is InChI=1S/C21H25NO2/c1-5-24-20(23)19-13-16-12-15(8-11-18(16)22-19)14-6-9-17(10-7-14)21(2,3)4/h6-12,19,22H,5,13H2,1-4H3. The van der Waals surface area contributed by atoms with Crippen molar-refractivity contribution < 1.29 is 9.53 Å². The third-order valence-corrected chi connectivity index (χ3v) is 4.51. The first-order valence-electron chi connectivity index (χ1n) is 8.55. The van der Waals surface area contributed by atoms with Crippen LogP contribution in [0.15, 0.2) is 42.5 Å². The molecular weight excluding hydrogens is 298 g/mol. The smallest absolute Gasteiger partial charge is 0.328 e. The summed E-state index contributed by atoms with van der Waals surface area (Å²) in [6.45, 7) is 8.91. The van der Waals surface area contributed by atoms with Gasteiger partial charge in [-0.25, -0.2) is 4.79 Å². The summed E-state index contributed by atoms with van der Waals surface area (Å²) in [6.07, 6.45) is 0.683. The van der Waals surface area contributed by atoms with Crippen LogP contribution in [0.2, 0.25) is 0 Å². The van der Waals surface area contributed by atoms with Gasteiger partial charge in [-0.3, -0.25) is 0 Å². The van der Waals surface area contributed by atoms with Gasteiger partial charge in [0.05, 0.1) is 6.61 Å². The zero-order chi connectivity index (χ0) is 17.3. The maximum atomic E-state index is 11.9. The van der Waals surface area contributed by atoms with Crippen LogP contribution < -0.4 is 5.32 Å². The lowest BCUT2D eigenvalue weighted by Crippen LogP contribution is -2.28. The topological polar surface area (TPSA) is 38.3 Å². The lowest BCUT2D eigenvalue weighted by Gasteiger charge is -2.19. The third-order valence-electron chi connectivity index (χ3n) is 4.51. The molecule has 0 radical (unpaired) electrons. The van der Waals surface area contributed by atoms with Gasteiger partial charge in [-0.15, -0.1) is 0 Å². The molecule has 0 amide bonds. The summed E-state index contributed by atoms with van der Waals surface area (Å²) in [5.74, 6) is -0.176. The highest BCUT2D eigenvalue weighted by Crippen LogP contribution is 2.32. The number of rotatable bonds is 3. The SMILES string of the molecule is CCOC(=O)C1Cc2cc(-c3ccc(C(C)(C)C)cc3)ccc2N1. The second-order valence-electron chi connectivity index (χ2n) is 7.35.